The van der Waals surface area contributed by atoms with E-state index in [1.807, 2.05) is 4.72 Å². The van der Waals surface area contributed by atoms with Crippen LogP contribution in [0.4, 0.5) is 0 Å². The summed E-state index contributed by atoms with van der Waals surface area (Å²) in [6.07, 6.45) is 0. The van der Waals surface area contributed by atoms with Crippen LogP contribution in [0, 0.1) is 0 Å². The molecule has 0 aromatic carbocycles. The molecule has 0 bridgehead atoms. The Balaban J connectivity index is 4.37. The van der Waals surface area contributed by atoms with Crippen LogP contribution in [0.1, 0.15) is 6.92 Å². The van der Waals surface area contributed by atoms with Crippen LogP contribution in [0.5, 0.6) is 0 Å². The topological polar surface area (TPSA) is 86.7 Å². The number of rotatable bonds is 4. The van der Waals surface area contributed by atoms with Crippen molar-refractivity contribution in [1.82, 2.24) is 9.03 Å². The van der Waals surface area contributed by atoms with Crippen LogP contribution in [0.3, 0.4) is 0 Å². The van der Waals surface area contributed by atoms with Crippen LogP contribution in [-0.2, 0) is 15.0 Å². The highest BCUT2D eigenvalue weighted by Crippen LogP contribution is 1.91. The van der Waals surface area contributed by atoms with Gasteiger partial charge in [0.15, 0.2) is 0 Å². The predicted octanol–water partition coefficient (Wildman–Crippen LogP) is -1.14. The van der Waals surface area contributed by atoms with Gasteiger partial charge in [-0.25, -0.2) is 0 Å². The summed E-state index contributed by atoms with van der Waals surface area (Å²) in [6.45, 7) is 1.25. The van der Waals surface area contributed by atoms with Gasteiger partial charge in [0.25, 0.3) is 10.2 Å². The van der Waals surface area contributed by atoms with Crippen molar-refractivity contribution in [2.75, 3.05) is 14.1 Å². The molecule has 7 heteroatoms. The van der Waals surface area contributed by atoms with Gasteiger partial charge in [0.05, 0.1) is 0 Å². The second kappa shape index (κ2) is 3.83. The van der Waals surface area contributed by atoms with Crippen LogP contribution < -0.4 is 4.72 Å². The first-order valence-corrected chi connectivity index (χ1v) is 4.64. The van der Waals surface area contributed by atoms with Gasteiger partial charge < -0.3 is 5.11 Å². The van der Waals surface area contributed by atoms with Gasteiger partial charge in [0.2, 0.25) is 0 Å². The van der Waals surface area contributed by atoms with Crippen molar-refractivity contribution >= 4 is 16.2 Å². The molecule has 0 aromatic rings. The Hall–Kier alpha value is -0.660. The van der Waals surface area contributed by atoms with E-state index in [1.54, 1.807) is 0 Å². The number of carboxylic acids is 1. The van der Waals surface area contributed by atoms with E-state index >= 15 is 0 Å². The molecule has 6 nitrogen and oxygen atoms in total. The standard InChI is InChI=1S/C5H12N2O4S/c1-4(5(8)9)6-12(10,11)7(2)3/h4,6H,1-3H3,(H,8,9). The van der Waals surface area contributed by atoms with Gasteiger partial charge in [-0.05, 0) is 6.92 Å². The van der Waals surface area contributed by atoms with E-state index in [4.69, 9.17) is 5.11 Å². The fourth-order valence-electron chi connectivity index (χ4n) is 0.379. The van der Waals surface area contributed by atoms with Gasteiger partial charge in [-0.2, -0.15) is 17.4 Å². The molecular formula is C5H12N2O4S. The van der Waals surface area contributed by atoms with Crippen LogP contribution in [0.2, 0.25) is 0 Å². The third-order valence-electron chi connectivity index (χ3n) is 1.18. The van der Waals surface area contributed by atoms with Gasteiger partial charge in [-0.15, -0.1) is 0 Å². The Kier molecular flexibility index (Phi) is 3.62. The Morgan fingerprint density at radius 3 is 2.17 bits per heavy atom. The summed E-state index contributed by atoms with van der Waals surface area (Å²) in [6, 6.07) is -1.11. The average Bonchev–Trinajstić information content (AvgIpc) is 1.85. The van der Waals surface area contributed by atoms with E-state index < -0.39 is 22.2 Å². The molecule has 0 rings (SSSR count). The maximum Gasteiger partial charge on any atom is 0.321 e. The van der Waals surface area contributed by atoms with E-state index in [2.05, 4.69) is 0 Å². The van der Waals surface area contributed by atoms with Gasteiger partial charge in [0.1, 0.15) is 6.04 Å². The molecule has 0 radical (unpaired) electrons. The highest BCUT2D eigenvalue weighted by Gasteiger charge is 2.20. The molecule has 0 fully saturated rings. The Morgan fingerprint density at radius 1 is 1.50 bits per heavy atom. The number of carbonyl (C=O) groups is 1. The first-order valence-electron chi connectivity index (χ1n) is 3.20. The molecule has 0 amide bonds. The van der Waals surface area contributed by atoms with E-state index in [0.29, 0.717) is 0 Å². The van der Waals surface area contributed by atoms with Crippen LogP contribution in [-0.4, -0.2) is 43.9 Å². The first-order chi connectivity index (χ1) is 5.27. The average molecular weight is 196 g/mol. The number of nitrogens with zero attached hydrogens (tertiary/aromatic N) is 1. The molecule has 2 N–H and O–H groups in total. The highest BCUT2D eigenvalue weighted by molar-refractivity contribution is 7.87. The second-order valence-corrected chi connectivity index (χ2v) is 4.38. The normalized spacial score (nSPS) is 14.7. The van der Waals surface area contributed by atoms with Gasteiger partial charge in [-0.3, -0.25) is 4.79 Å². The zero-order valence-electron chi connectivity index (χ0n) is 7.10. The highest BCUT2D eigenvalue weighted by atomic mass is 32.2. The Bertz CT molecular complexity index is 259. The van der Waals surface area contributed by atoms with Crippen LogP contribution >= 0.6 is 0 Å². The van der Waals surface area contributed by atoms with Crippen LogP contribution in [0.25, 0.3) is 0 Å². The monoisotopic (exact) mass is 196 g/mol. The number of carboxylic acid groups (broad SMARTS) is 1. The number of hydrogen-bond acceptors (Lipinski definition) is 3. The summed E-state index contributed by atoms with van der Waals surface area (Å²) in [5.41, 5.74) is 0. The predicted molar refractivity (Wildman–Crippen MR) is 42.8 cm³/mol. The molecule has 1 atom stereocenters. The minimum Gasteiger partial charge on any atom is -0.480 e. The van der Waals surface area contributed by atoms with Gasteiger partial charge >= 0.3 is 5.97 Å². The smallest absolute Gasteiger partial charge is 0.321 e. The third kappa shape index (κ3) is 3.16. The number of nitrogens with one attached hydrogen (secondary N) is 1. The zero-order chi connectivity index (χ0) is 9.94. The zero-order valence-corrected chi connectivity index (χ0v) is 7.92. The van der Waals surface area contributed by atoms with Crippen molar-refractivity contribution in [2.45, 2.75) is 13.0 Å². The lowest BCUT2D eigenvalue weighted by Crippen LogP contribution is -2.44. The maximum absolute atomic E-state index is 11.0. The summed E-state index contributed by atoms with van der Waals surface area (Å²) in [5, 5.41) is 8.38. The molecule has 0 aliphatic heterocycles. The quantitative estimate of drug-likeness (QED) is 0.594. The van der Waals surface area contributed by atoms with Crippen molar-refractivity contribution in [3.63, 3.8) is 0 Å². The van der Waals surface area contributed by atoms with Crippen molar-refractivity contribution in [3.8, 4) is 0 Å². The van der Waals surface area contributed by atoms with Gasteiger partial charge in [0, 0.05) is 14.1 Å². The Morgan fingerprint density at radius 2 is 1.92 bits per heavy atom. The van der Waals surface area contributed by atoms with Crippen molar-refractivity contribution in [2.24, 2.45) is 0 Å². The molecule has 0 saturated heterocycles. The molecule has 0 heterocycles. The van der Waals surface area contributed by atoms with E-state index in [0.717, 1.165) is 4.31 Å². The Labute approximate surface area is 71.4 Å². The van der Waals surface area contributed by atoms with Crippen molar-refractivity contribution in [3.05, 3.63) is 0 Å². The van der Waals surface area contributed by atoms with E-state index in [-0.39, 0.29) is 0 Å². The summed E-state index contributed by atoms with van der Waals surface area (Å²) in [4.78, 5) is 10.3. The molecule has 0 spiro atoms. The third-order valence-corrected chi connectivity index (χ3v) is 2.79. The lowest BCUT2D eigenvalue weighted by atomic mass is 10.4. The van der Waals surface area contributed by atoms with Crippen molar-refractivity contribution < 1.29 is 18.3 Å². The fraction of sp³-hybridized carbons (Fsp3) is 0.800. The summed E-state index contributed by atoms with van der Waals surface area (Å²) in [7, 11) is -1.01. The van der Waals surface area contributed by atoms with Crippen molar-refractivity contribution in [1.29, 1.82) is 0 Å². The number of hydrogen-bond donors (Lipinski definition) is 2. The molecule has 0 aliphatic rings. The molecular weight excluding hydrogens is 184 g/mol. The molecule has 0 saturated carbocycles. The van der Waals surface area contributed by atoms with E-state index in [1.165, 1.54) is 21.0 Å². The minimum atomic E-state index is -3.64. The molecule has 1 unspecified atom stereocenters. The van der Waals surface area contributed by atoms with E-state index in [9.17, 15) is 13.2 Å². The fourth-order valence-corrected chi connectivity index (χ4v) is 1.14. The second-order valence-electron chi connectivity index (χ2n) is 2.47. The molecule has 72 valence electrons. The maximum atomic E-state index is 11.0. The summed E-state index contributed by atoms with van der Waals surface area (Å²) >= 11 is 0. The molecule has 0 aliphatic carbocycles. The first kappa shape index (κ1) is 11.3. The molecule has 0 aromatic heterocycles. The van der Waals surface area contributed by atoms with Gasteiger partial charge in [-0.1, -0.05) is 0 Å². The lowest BCUT2D eigenvalue weighted by Gasteiger charge is -2.14. The summed E-state index contributed by atoms with van der Waals surface area (Å²) in [5.74, 6) is -1.21. The minimum absolute atomic E-state index is 0.909. The summed E-state index contributed by atoms with van der Waals surface area (Å²) < 4.78 is 24.9. The van der Waals surface area contributed by atoms with Crippen LogP contribution in [0.15, 0.2) is 0 Å². The largest absolute Gasteiger partial charge is 0.480 e. The lowest BCUT2D eigenvalue weighted by molar-refractivity contribution is -0.138. The SMILES string of the molecule is CC(NS(=O)(=O)N(C)C)C(=O)O. The molecule has 12 heavy (non-hydrogen) atoms. The number of aliphatic carboxylic acids is 1.